The summed E-state index contributed by atoms with van der Waals surface area (Å²) in [6.07, 6.45) is 0. The SMILES string of the molecule is CC1SCC(C(=O)O)N1C(=O)NCC(C)(C)c1cccs1. The molecule has 21 heavy (non-hydrogen) atoms. The van der Waals surface area contributed by atoms with Crippen LogP contribution in [0.5, 0.6) is 0 Å². The zero-order valence-corrected chi connectivity index (χ0v) is 14.0. The molecule has 2 rings (SSSR count). The molecular weight excluding hydrogens is 308 g/mol. The summed E-state index contributed by atoms with van der Waals surface area (Å²) >= 11 is 3.14. The van der Waals surface area contributed by atoms with E-state index in [1.807, 2.05) is 24.4 Å². The Hall–Kier alpha value is -1.21. The third kappa shape index (κ3) is 3.52. The molecule has 0 saturated carbocycles. The van der Waals surface area contributed by atoms with Crippen LogP contribution in [0.3, 0.4) is 0 Å². The van der Waals surface area contributed by atoms with Crippen molar-refractivity contribution >= 4 is 35.1 Å². The van der Waals surface area contributed by atoms with Gasteiger partial charge in [-0.3, -0.25) is 4.90 Å². The van der Waals surface area contributed by atoms with Gasteiger partial charge in [-0.25, -0.2) is 9.59 Å². The van der Waals surface area contributed by atoms with Crippen LogP contribution in [-0.4, -0.2) is 45.7 Å². The molecule has 7 heteroatoms. The van der Waals surface area contributed by atoms with Crippen LogP contribution in [0.2, 0.25) is 0 Å². The fraction of sp³-hybridized carbons (Fsp3) is 0.571. The number of carboxylic acids is 1. The van der Waals surface area contributed by atoms with Crippen molar-refractivity contribution in [1.29, 1.82) is 0 Å². The largest absolute Gasteiger partial charge is 0.480 e. The van der Waals surface area contributed by atoms with E-state index < -0.39 is 12.0 Å². The van der Waals surface area contributed by atoms with Gasteiger partial charge in [0.2, 0.25) is 0 Å². The van der Waals surface area contributed by atoms with Crippen LogP contribution < -0.4 is 5.32 Å². The summed E-state index contributed by atoms with van der Waals surface area (Å²) in [7, 11) is 0. The lowest BCUT2D eigenvalue weighted by Gasteiger charge is -2.29. The Bertz CT molecular complexity index is 516. The Balaban J connectivity index is 1.99. The third-order valence-corrected chi connectivity index (χ3v) is 6.07. The molecule has 1 fully saturated rings. The van der Waals surface area contributed by atoms with Gasteiger partial charge in [0.25, 0.3) is 0 Å². The quantitative estimate of drug-likeness (QED) is 0.891. The summed E-state index contributed by atoms with van der Waals surface area (Å²) in [5.41, 5.74) is -0.168. The third-order valence-electron chi connectivity index (χ3n) is 3.61. The van der Waals surface area contributed by atoms with Crippen LogP contribution in [0, 0.1) is 0 Å². The second-order valence-corrected chi connectivity index (χ2v) is 8.01. The summed E-state index contributed by atoms with van der Waals surface area (Å²) in [5, 5.41) is 14.0. The van der Waals surface area contributed by atoms with Crippen molar-refractivity contribution in [2.24, 2.45) is 0 Å². The molecular formula is C14H20N2O3S2. The molecule has 2 amide bonds. The maximum atomic E-state index is 12.3. The van der Waals surface area contributed by atoms with Crippen molar-refractivity contribution in [2.75, 3.05) is 12.3 Å². The van der Waals surface area contributed by atoms with E-state index in [1.165, 1.54) is 21.5 Å². The van der Waals surface area contributed by atoms with Gasteiger partial charge in [-0.05, 0) is 18.4 Å². The molecule has 1 aromatic heterocycles. The molecule has 0 radical (unpaired) electrons. The number of rotatable bonds is 4. The Morgan fingerprint density at radius 2 is 2.24 bits per heavy atom. The molecule has 0 aromatic carbocycles. The van der Waals surface area contributed by atoms with Crippen LogP contribution in [0.4, 0.5) is 4.79 Å². The average molecular weight is 328 g/mol. The molecule has 1 aromatic rings. The topological polar surface area (TPSA) is 69.6 Å². The number of hydrogen-bond acceptors (Lipinski definition) is 4. The standard InChI is InChI=1S/C14H20N2O3S2/c1-9-16(10(7-21-9)12(17)18)13(19)15-8-14(2,3)11-5-4-6-20-11/h4-6,9-10H,7-8H2,1-3H3,(H,15,19)(H,17,18). The van der Waals surface area contributed by atoms with Gasteiger partial charge in [0.1, 0.15) is 6.04 Å². The number of hydrogen-bond donors (Lipinski definition) is 2. The maximum Gasteiger partial charge on any atom is 0.327 e. The van der Waals surface area contributed by atoms with Crippen molar-refractivity contribution in [3.8, 4) is 0 Å². The van der Waals surface area contributed by atoms with Crippen molar-refractivity contribution < 1.29 is 14.7 Å². The first-order valence-electron chi connectivity index (χ1n) is 6.77. The highest BCUT2D eigenvalue weighted by atomic mass is 32.2. The summed E-state index contributed by atoms with van der Waals surface area (Å²) in [5.74, 6) is -0.502. The van der Waals surface area contributed by atoms with Crippen molar-refractivity contribution in [2.45, 2.75) is 37.6 Å². The number of thiophene rings is 1. The van der Waals surface area contributed by atoms with Gasteiger partial charge in [-0.15, -0.1) is 23.1 Å². The normalized spacial score (nSPS) is 22.3. The molecule has 1 aliphatic heterocycles. The van der Waals surface area contributed by atoms with Crippen LogP contribution in [0.1, 0.15) is 25.6 Å². The first-order valence-corrected chi connectivity index (χ1v) is 8.70. The van der Waals surface area contributed by atoms with Crippen molar-refractivity contribution in [3.05, 3.63) is 22.4 Å². The Morgan fingerprint density at radius 3 is 2.81 bits per heavy atom. The van der Waals surface area contributed by atoms with Crippen molar-refractivity contribution in [3.63, 3.8) is 0 Å². The Kier molecular flexibility index (Phi) is 4.83. The minimum absolute atomic E-state index is 0.115. The van der Waals surface area contributed by atoms with Gasteiger partial charge < -0.3 is 10.4 Å². The van der Waals surface area contributed by atoms with E-state index in [9.17, 15) is 14.7 Å². The van der Waals surface area contributed by atoms with E-state index in [4.69, 9.17) is 0 Å². The average Bonchev–Trinajstić information content (AvgIpc) is 3.05. The number of aliphatic carboxylic acids is 1. The van der Waals surface area contributed by atoms with Crippen LogP contribution in [0.15, 0.2) is 17.5 Å². The second kappa shape index (κ2) is 6.27. The molecule has 2 heterocycles. The molecule has 2 unspecified atom stereocenters. The van der Waals surface area contributed by atoms with Gasteiger partial charge in [-0.1, -0.05) is 19.9 Å². The lowest BCUT2D eigenvalue weighted by atomic mass is 9.91. The predicted octanol–water partition coefficient (Wildman–Crippen LogP) is 2.58. The Morgan fingerprint density at radius 1 is 1.52 bits per heavy atom. The summed E-state index contributed by atoms with van der Waals surface area (Å²) in [6.45, 7) is 6.47. The number of carbonyl (C=O) groups is 2. The lowest BCUT2D eigenvalue weighted by molar-refractivity contribution is -0.141. The molecule has 0 bridgehead atoms. The number of urea groups is 1. The Labute approximate surface area is 132 Å². The van der Waals surface area contributed by atoms with Gasteiger partial charge in [-0.2, -0.15) is 0 Å². The molecule has 5 nitrogen and oxygen atoms in total. The summed E-state index contributed by atoms with van der Waals surface area (Å²) < 4.78 is 0. The van der Waals surface area contributed by atoms with Crippen LogP contribution in [-0.2, 0) is 10.2 Å². The summed E-state index contributed by atoms with van der Waals surface area (Å²) in [6, 6.07) is 2.99. The zero-order chi connectivity index (χ0) is 15.6. The van der Waals surface area contributed by atoms with E-state index in [-0.39, 0.29) is 16.8 Å². The zero-order valence-electron chi connectivity index (χ0n) is 12.3. The van der Waals surface area contributed by atoms with Gasteiger partial charge in [0, 0.05) is 22.6 Å². The fourth-order valence-electron chi connectivity index (χ4n) is 2.28. The lowest BCUT2D eigenvalue weighted by Crippen LogP contribution is -2.51. The second-order valence-electron chi connectivity index (χ2n) is 5.71. The van der Waals surface area contributed by atoms with E-state index in [0.29, 0.717) is 12.3 Å². The van der Waals surface area contributed by atoms with E-state index >= 15 is 0 Å². The predicted molar refractivity (Wildman–Crippen MR) is 85.9 cm³/mol. The first kappa shape index (κ1) is 16.2. The number of thioether (sulfide) groups is 1. The van der Waals surface area contributed by atoms with E-state index in [2.05, 4.69) is 19.2 Å². The van der Waals surface area contributed by atoms with Crippen molar-refractivity contribution in [1.82, 2.24) is 10.2 Å². The molecule has 1 saturated heterocycles. The van der Waals surface area contributed by atoms with Crippen LogP contribution >= 0.6 is 23.1 Å². The number of amides is 2. The molecule has 116 valence electrons. The highest BCUT2D eigenvalue weighted by Gasteiger charge is 2.39. The minimum Gasteiger partial charge on any atom is -0.480 e. The number of carbonyl (C=O) groups excluding carboxylic acids is 1. The smallest absolute Gasteiger partial charge is 0.327 e. The number of nitrogens with one attached hydrogen (secondary N) is 1. The van der Waals surface area contributed by atoms with Crippen LogP contribution in [0.25, 0.3) is 0 Å². The molecule has 0 aliphatic carbocycles. The monoisotopic (exact) mass is 328 g/mol. The highest BCUT2D eigenvalue weighted by molar-refractivity contribution is 8.00. The molecule has 2 N–H and O–H groups in total. The minimum atomic E-state index is -0.945. The molecule has 0 spiro atoms. The molecule has 2 atom stereocenters. The van der Waals surface area contributed by atoms with Gasteiger partial charge in [0.05, 0.1) is 5.37 Å². The highest BCUT2D eigenvalue weighted by Crippen LogP contribution is 2.30. The van der Waals surface area contributed by atoms with E-state index in [1.54, 1.807) is 11.3 Å². The van der Waals surface area contributed by atoms with E-state index in [0.717, 1.165) is 0 Å². The maximum absolute atomic E-state index is 12.3. The number of carboxylic acid groups (broad SMARTS) is 1. The summed E-state index contributed by atoms with van der Waals surface area (Å²) in [4.78, 5) is 26.2. The molecule has 1 aliphatic rings. The van der Waals surface area contributed by atoms with Gasteiger partial charge in [0.15, 0.2) is 0 Å². The van der Waals surface area contributed by atoms with Gasteiger partial charge >= 0.3 is 12.0 Å². The first-order chi connectivity index (χ1) is 9.83. The fourth-order valence-corrected chi connectivity index (χ4v) is 4.30. The number of nitrogens with zero attached hydrogens (tertiary/aromatic N) is 1.